The number of halogens is 1. The Labute approximate surface area is 235 Å². The molecule has 1 aliphatic heterocycles. The average molecular weight is 570 g/mol. The van der Waals surface area contributed by atoms with Crippen molar-refractivity contribution in [3.05, 3.63) is 81.7 Å². The highest BCUT2D eigenvalue weighted by Gasteiger charge is 2.37. The third-order valence-corrected chi connectivity index (χ3v) is 9.18. The molecule has 1 N–H and O–H groups in total. The summed E-state index contributed by atoms with van der Waals surface area (Å²) in [7, 11) is -2.86. The molecule has 0 spiro atoms. The van der Waals surface area contributed by atoms with Crippen molar-refractivity contribution in [2.45, 2.75) is 71.1 Å². The molecule has 1 heterocycles. The molecule has 214 valence electrons. The number of carbonyl (C=O) groups is 1. The van der Waals surface area contributed by atoms with Crippen LogP contribution in [0.3, 0.4) is 0 Å². The first-order valence-corrected chi connectivity index (χ1v) is 14.6. The summed E-state index contributed by atoms with van der Waals surface area (Å²) in [5, 5.41) is 10.3. The van der Waals surface area contributed by atoms with Crippen LogP contribution in [0.4, 0.5) is 4.39 Å². The van der Waals surface area contributed by atoms with Gasteiger partial charge < -0.3 is 14.6 Å². The van der Waals surface area contributed by atoms with Crippen LogP contribution in [0.5, 0.6) is 5.75 Å². The Balaban J connectivity index is 1.93. The predicted molar refractivity (Wildman–Crippen MR) is 152 cm³/mol. The number of carboxylic acid groups (broad SMARTS) is 1. The van der Waals surface area contributed by atoms with Crippen molar-refractivity contribution in [1.29, 1.82) is 0 Å². The van der Waals surface area contributed by atoms with Crippen molar-refractivity contribution in [2.24, 2.45) is 0 Å². The molecule has 40 heavy (non-hydrogen) atoms. The zero-order valence-corrected chi connectivity index (χ0v) is 24.8. The van der Waals surface area contributed by atoms with E-state index in [2.05, 4.69) is 0 Å². The minimum atomic E-state index is -4.10. The normalized spacial score (nSPS) is 15.0. The first-order chi connectivity index (χ1) is 18.7. The van der Waals surface area contributed by atoms with E-state index in [4.69, 9.17) is 9.47 Å². The maximum atomic E-state index is 14.4. The third-order valence-electron chi connectivity index (χ3n) is 7.31. The van der Waals surface area contributed by atoms with Crippen LogP contribution in [0, 0.1) is 26.6 Å². The van der Waals surface area contributed by atoms with Crippen LogP contribution in [-0.4, -0.2) is 43.1 Å². The molecule has 0 bridgehead atoms. The fourth-order valence-corrected chi connectivity index (χ4v) is 7.02. The van der Waals surface area contributed by atoms with Gasteiger partial charge in [0.15, 0.2) is 17.7 Å². The van der Waals surface area contributed by atoms with Crippen LogP contribution in [0.15, 0.2) is 47.4 Å². The van der Waals surface area contributed by atoms with Gasteiger partial charge in [0.2, 0.25) is 10.0 Å². The fraction of sp³-hybridized carbons (Fsp3) is 0.387. The number of fused-ring (bicyclic) bond motifs is 1. The van der Waals surface area contributed by atoms with Crippen LogP contribution in [0.25, 0.3) is 11.1 Å². The molecular formula is C31H36FNO6S. The van der Waals surface area contributed by atoms with Gasteiger partial charge in [-0.2, -0.15) is 4.31 Å². The molecule has 0 saturated carbocycles. The Hall–Kier alpha value is -3.27. The molecular weight excluding hydrogens is 533 g/mol. The predicted octanol–water partition coefficient (Wildman–Crippen LogP) is 6.11. The van der Waals surface area contributed by atoms with E-state index < -0.39 is 33.5 Å². The number of sulfonamides is 1. The van der Waals surface area contributed by atoms with Crippen molar-refractivity contribution in [2.75, 3.05) is 13.7 Å². The number of hydrogen-bond acceptors (Lipinski definition) is 5. The fourth-order valence-electron chi connectivity index (χ4n) is 5.44. The number of carboxylic acids is 1. The molecule has 0 radical (unpaired) electrons. The van der Waals surface area contributed by atoms with E-state index in [0.717, 1.165) is 45.0 Å². The highest BCUT2D eigenvalue weighted by atomic mass is 32.2. The number of benzene rings is 3. The summed E-state index contributed by atoms with van der Waals surface area (Å²) in [4.78, 5) is 12.4. The largest absolute Gasteiger partial charge is 0.492 e. The number of ether oxygens (including phenoxy) is 2. The average Bonchev–Trinajstić information content (AvgIpc) is 2.89. The zero-order chi connectivity index (χ0) is 29.6. The lowest BCUT2D eigenvalue weighted by atomic mass is 9.80. The lowest BCUT2D eigenvalue weighted by molar-refractivity contribution is -0.160. The first-order valence-electron chi connectivity index (χ1n) is 13.1. The number of aryl methyl sites for hydroxylation is 1. The second kappa shape index (κ2) is 11.0. The Morgan fingerprint density at radius 2 is 1.68 bits per heavy atom. The van der Waals surface area contributed by atoms with E-state index >= 15 is 0 Å². The van der Waals surface area contributed by atoms with Crippen LogP contribution in [0.1, 0.15) is 60.3 Å². The summed E-state index contributed by atoms with van der Waals surface area (Å²) in [6.45, 7) is 11.4. The summed E-state index contributed by atoms with van der Waals surface area (Å²) in [5.74, 6) is -2.16. The van der Waals surface area contributed by atoms with E-state index in [1.54, 1.807) is 0 Å². The highest BCUT2D eigenvalue weighted by molar-refractivity contribution is 7.89. The second-order valence-corrected chi connectivity index (χ2v) is 13.1. The summed E-state index contributed by atoms with van der Waals surface area (Å²) >= 11 is 0. The number of hydrogen-bond donors (Lipinski definition) is 1. The van der Waals surface area contributed by atoms with Crippen molar-refractivity contribution >= 4 is 16.0 Å². The number of methoxy groups -OCH3 is 1. The van der Waals surface area contributed by atoms with Crippen molar-refractivity contribution < 1.29 is 32.2 Å². The maximum absolute atomic E-state index is 14.4. The molecule has 0 fully saturated rings. The number of nitrogens with zero attached hydrogens (tertiary/aromatic N) is 1. The summed E-state index contributed by atoms with van der Waals surface area (Å²) < 4.78 is 54.4. The second-order valence-electron chi connectivity index (χ2n) is 11.2. The number of rotatable bonds is 7. The zero-order valence-electron chi connectivity index (χ0n) is 24.0. The molecule has 0 amide bonds. The standard InChI is InChI=1S/C31H36FNO6S/c1-18-11-13-21(14-12-18)26-20(3)23-17-33(40(36,37)25-10-8-9-24(32)28(25)38-7)16-15-22(23)19(2)27(26)29(30(34)35)39-31(4,5)6/h8-14,29H,15-17H2,1-7H3,(H,34,35). The van der Waals surface area contributed by atoms with Gasteiger partial charge in [0.05, 0.1) is 12.7 Å². The Morgan fingerprint density at radius 3 is 2.25 bits per heavy atom. The van der Waals surface area contributed by atoms with Gasteiger partial charge in [-0.1, -0.05) is 35.9 Å². The maximum Gasteiger partial charge on any atom is 0.337 e. The minimum absolute atomic E-state index is 0.0566. The van der Waals surface area contributed by atoms with Crippen LogP contribution < -0.4 is 4.74 Å². The molecule has 9 heteroatoms. The molecule has 1 unspecified atom stereocenters. The van der Waals surface area contributed by atoms with Gasteiger partial charge in [0.1, 0.15) is 4.90 Å². The van der Waals surface area contributed by atoms with Crippen molar-refractivity contribution in [3.8, 4) is 16.9 Å². The molecule has 0 aromatic heterocycles. The monoisotopic (exact) mass is 569 g/mol. The Kier molecular flexibility index (Phi) is 8.13. The lowest BCUT2D eigenvalue weighted by Gasteiger charge is -2.35. The Bertz CT molecular complexity index is 1560. The SMILES string of the molecule is COc1c(F)cccc1S(=O)(=O)N1CCc2c(C)c(C(OC(C)(C)C)C(=O)O)c(-c3ccc(C)cc3)c(C)c2C1. The van der Waals surface area contributed by atoms with Gasteiger partial charge in [-0.15, -0.1) is 0 Å². The lowest BCUT2D eigenvalue weighted by Crippen LogP contribution is -2.37. The van der Waals surface area contributed by atoms with Gasteiger partial charge in [-0.05, 0) is 93.5 Å². The van der Waals surface area contributed by atoms with Gasteiger partial charge in [0, 0.05) is 18.7 Å². The smallest absolute Gasteiger partial charge is 0.337 e. The quantitative estimate of drug-likeness (QED) is 0.369. The van der Waals surface area contributed by atoms with Crippen LogP contribution in [-0.2, 0) is 32.5 Å². The van der Waals surface area contributed by atoms with Gasteiger partial charge in [0.25, 0.3) is 0 Å². The van der Waals surface area contributed by atoms with Gasteiger partial charge >= 0.3 is 5.97 Å². The highest BCUT2D eigenvalue weighted by Crippen LogP contribution is 2.43. The topological polar surface area (TPSA) is 93.1 Å². The van der Waals surface area contributed by atoms with Crippen LogP contribution in [0.2, 0.25) is 0 Å². The number of aliphatic carboxylic acids is 1. The van der Waals surface area contributed by atoms with E-state index in [1.807, 2.05) is 65.8 Å². The van der Waals surface area contributed by atoms with E-state index in [0.29, 0.717) is 12.0 Å². The summed E-state index contributed by atoms with van der Waals surface area (Å²) in [6, 6.07) is 11.6. The molecule has 4 rings (SSSR count). The van der Waals surface area contributed by atoms with Crippen molar-refractivity contribution in [3.63, 3.8) is 0 Å². The summed E-state index contributed by atoms with van der Waals surface area (Å²) in [6.07, 6.45) is -0.861. The number of para-hydroxylation sites is 1. The van der Waals surface area contributed by atoms with E-state index in [9.17, 15) is 22.7 Å². The molecule has 0 aliphatic carbocycles. The molecule has 3 aromatic rings. The molecule has 1 atom stereocenters. The molecule has 7 nitrogen and oxygen atoms in total. The molecule has 1 aliphatic rings. The Morgan fingerprint density at radius 1 is 1.02 bits per heavy atom. The van der Waals surface area contributed by atoms with Crippen LogP contribution >= 0.6 is 0 Å². The van der Waals surface area contributed by atoms with Gasteiger partial charge in [-0.3, -0.25) is 0 Å². The van der Waals surface area contributed by atoms with Crippen molar-refractivity contribution in [1.82, 2.24) is 4.31 Å². The van der Waals surface area contributed by atoms with E-state index in [-0.39, 0.29) is 23.7 Å². The first kappa shape index (κ1) is 29.7. The molecule has 0 saturated heterocycles. The van der Waals surface area contributed by atoms with Gasteiger partial charge in [-0.25, -0.2) is 17.6 Å². The minimum Gasteiger partial charge on any atom is -0.492 e. The summed E-state index contributed by atoms with van der Waals surface area (Å²) in [5.41, 5.74) is 5.72. The third kappa shape index (κ3) is 5.50. The van der Waals surface area contributed by atoms with E-state index in [1.165, 1.54) is 23.5 Å². The molecule has 3 aromatic carbocycles.